The van der Waals surface area contributed by atoms with Gasteiger partial charge >= 0.3 is 0 Å². The summed E-state index contributed by atoms with van der Waals surface area (Å²) in [6.45, 7) is 4.83. The number of hydrogen-bond acceptors (Lipinski definition) is 3. The molecule has 1 heterocycles. The van der Waals surface area contributed by atoms with Gasteiger partial charge in [-0.3, -0.25) is 4.79 Å². The highest BCUT2D eigenvalue weighted by molar-refractivity contribution is 7.08. The molecule has 1 aromatic heterocycles. The first-order chi connectivity index (χ1) is 8.70. The third-order valence-electron chi connectivity index (χ3n) is 2.57. The molecule has 0 radical (unpaired) electrons. The van der Waals surface area contributed by atoms with E-state index in [1.807, 2.05) is 48.9 Å². The molecular formula is C14H16N2OS. The first-order valence-corrected chi connectivity index (χ1v) is 6.83. The number of nitrogens with one attached hydrogen (secondary N) is 2. The highest BCUT2D eigenvalue weighted by Gasteiger charge is 2.11. The molecule has 0 aliphatic carbocycles. The summed E-state index contributed by atoms with van der Waals surface area (Å²) in [5, 5.41) is 9.96. The monoisotopic (exact) mass is 260 g/mol. The molecule has 0 spiro atoms. The number of rotatable bonds is 4. The number of carbonyl (C=O) groups excluding carboxylic acids is 1. The molecule has 0 aliphatic rings. The van der Waals surface area contributed by atoms with Crippen LogP contribution in [0.5, 0.6) is 0 Å². The third-order valence-corrected chi connectivity index (χ3v) is 3.25. The van der Waals surface area contributed by atoms with Crippen molar-refractivity contribution in [3.63, 3.8) is 0 Å². The Morgan fingerprint density at radius 1 is 1.33 bits per heavy atom. The lowest BCUT2D eigenvalue weighted by molar-refractivity contribution is 0.102. The summed E-state index contributed by atoms with van der Waals surface area (Å²) in [6, 6.07) is 7.69. The molecular weight excluding hydrogens is 244 g/mol. The van der Waals surface area contributed by atoms with Crippen LogP contribution in [0.4, 0.5) is 11.4 Å². The van der Waals surface area contributed by atoms with Crippen LogP contribution in [0.25, 0.3) is 0 Å². The van der Waals surface area contributed by atoms with E-state index >= 15 is 0 Å². The highest BCUT2D eigenvalue weighted by Crippen LogP contribution is 2.20. The predicted molar refractivity (Wildman–Crippen MR) is 77.6 cm³/mol. The fourth-order valence-electron chi connectivity index (χ4n) is 1.73. The maximum absolute atomic E-state index is 12.2. The van der Waals surface area contributed by atoms with Crippen molar-refractivity contribution in [1.82, 2.24) is 0 Å². The average Bonchev–Trinajstić information content (AvgIpc) is 2.82. The van der Waals surface area contributed by atoms with E-state index in [2.05, 4.69) is 10.6 Å². The Balaban J connectivity index is 2.23. The average molecular weight is 260 g/mol. The summed E-state index contributed by atoms with van der Waals surface area (Å²) in [6.07, 6.45) is 0. The summed E-state index contributed by atoms with van der Waals surface area (Å²) in [5.41, 5.74) is 3.53. The summed E-state index contributed by atoms with van der Waals surface area (Å²) in [5.74, 6) is -0.0793. The van der Waals surface area contributed by atoms with Gasteiger partial charge < -0.3 is 10.6 Å². The minimum absolute atomic E-state index is 0.0793. The van der Waals surface area contributed by atoms with Gasteiger partial charge in [0.05, 0.1) is 11.3 Å². The van der Waals surface area contributed by atoms with E-state index < -0.39 is 0 Å². The molecule has 0 unspecified atom stereocenters. The molecule has 4 heteroatoms. The van der Waals surface area contributed by atoms with Crippen LogP contribution in [0.1, 0.15) is 22.8 Å². The third kappa shape index (κ3) is 2.90. The van der Waals surface area contributed by atoms with Crippen LogP contribution >= 0.6 is 11.3 Å². The number of aryl methyl sites for hydroxylation is 1. The Labute approximate surface area is 111 Å². The van der Waals surface area contributed by atoms with Crippen molar-refractivity contribution in [2.24, 2.45) is 0 Å². The molecule has 0 fully saturated rings. The van der Waals surface area contributed by atoms with Gasteiger partial charge in [-0.25, -0.2) is 0 Å². The largest absolute Gasteiger partial charge is 0.385 e. The van der Waals surface area contributed by atoms with E-state index in [1.165, 1.54) is 0 Å². The highest BCUT2D eigenvalue weighted by atomic mass is 32.1. The van der Waals surface area contributed by atoms with Crippen LogP contribution in [-0.2, 0) is 0 Å². The topological polar surface area (TPSA) is 41.1 Å². The molecule has 0 bridgehead atoms. The lowest BCUT2D eigenvalue weighted by Crippen LogP contribution is -2.14. The summed E-state index contributed by atoms with van der Waals surface area (Å²) < 4.78 is 0. The summed E-state index contributed by atoms with van der Waals surface area (Å²) in [7, 11) is 0. The van der Waals surface area contributed by atoms with Gasteiger partial charge in [0.15, 0.2) is 0 Å². The Hall–Kier alpha value is -1.81. The van der Waals surface area contributed by atoms with Crippen LogP contribution in [0.15, 0.2) is 35.0 Å². The number of benzene rings is 1. The van der Waals surface area contributed by atoms with Crippen molar-refractivity contribution in [3.8, 4) is 0 Å². The first kappa shape index (κ1) is 12.6. The number of anilines is 2. The number of amides is 1. The van der Waals surface area contributed by atoms with E-state index in [-0.39, 0.29) is 5.91 Å². The SMILES string of the molecule is CCNc1cc(C)ccc1C(=O)Nc1ccsc1. The van der Waals surface area contributed by atoms with Crippen LogP contribution in [0, 0.1) is 6.92 Å². The number of thiophene rings is 1. The van der Waals surface area contributed by atoms with Gasteiger partial charge in [-0.1, -0.05) is 6.07 Å². The van der Waals surface area contributed by atoms with E-state index in [0.717, 1.165) is 23.5 Å². The van der Waals surface area contributed by atoms with Crippen molar-refractivity contribution in [2.45, 2.75) is 13.8 Å². The van der Waals surface area contributed by atoms with Crippen LogP contribution < -0.4 is 10.6 Å². The van der Waals surface area contributed by atoms with Crippen molar-refractivity contribution in [3.05, 3.63) is 46.2 Å². The zero-order valence-corrected chi connectivity index (χ0v) is 11.3. The molecule has 2 aromatic rings. The molecule has 1 aromatic carbocycles. The number of carbonyl (C=O) groups is 1. The molecule has 0 atom stereocenters. The zero-order chi connectivity index (χ0) is 13.0. The maximum atomic E-state index is 12.2. The fraction of sp³-hybridized carbons (Fsp3) is 0.214. The Bertz CT molecular complexity index is 535. The molecule has 94 valence electrons. The second kappa shape index (κ2) is 5.69. The normalized spacial score (nSPS) is 10.1. The van der Waals surface area contributed by atoms with Gasteiger partial charge in [0, 0.05) is 17.6 Å². The van der Waals surface area contributed by atoms with Gasteiger partial charge in [-0.2, -0.15) is 11.3 Å². The van der Waals surface area contributed by atoms with Gasteiger partial charge in [-0.05, 0) is 43.0 Å². The van der Waals surface area contributed by atoms with E-state index in [9.17, 15) is 4.79 Å². The molecule has 2 N–H and O–H groups in total. The minimum atomic E-state index is -0.0793. The van der Waals surface area contributed by atoms with Crippen molar-refractivity contribution in [1.29, 1.82) is 0 Å². The summed E-state index contributed by atoms with van der Waals surface area (Å²) in [4.78, 5) is 12.2. The van der Waals surface area contributed by atoms with Crippen LogP contribution in [0.2, 0.25) is 0 Å². The smallest absolute Gasteiger partial charge is 0.257 e. The lowest BCUT2D eigenvalue weighted by Gasteiger charge is -2.11. The van der Waals surface area contributed by atoms with Gasteiger partial charge in [0.1, 0.15) is 0 Å². The molecule has 0 aliphatic heterocycles. The molecule has 2 rings (SSSR count). The van der Waals surface area contributed by atoms with Crippen molar-refractivity contribution < 1.29 is 4.79 Å². The minimum Gasteiger partial charge on any atom is -0.385 e. The Morgan fingerprint density at radius 3 is 2.83 bits per heavy atom. The molecule has 0 saturated heterocycles. The first-order valence-electron chi connectivity index (χ1n) is 5.88. The van der Waals surface area contributed by atoms with Crippen LogP contribution in [-0.4, -0.2) is 12.5 Å². The lowest BCUT2D eigenvalue weighted by atomic mass is 10.1. The molecule has 1 amide bonds. The fourth-order valence-corrected chi connectivity index (χ4v) is 2.31. The van der Waals surface area contributed by atoms with Gasteiger partial charge in [-0.15, -0.1) is 0 Å². The molecule has 3 nitrogen and oxygen atoms in total. The van der Waals surface area contributed by atoms with Crippen molar-refractivity contribution in [2.75, 3.05) is 17.2 Å². The van der Waals surface area contributed by atoms with Crippen molar-refractivity contribution >= 4 is 28.6 Å². The van der Waals surface area contributed by atoms with E-state index in [1.54, 1.807) is 11.3 Å². The zero-order valence-electron chi connectivity index (χ0n) is 10.5. The standard InChI is InChI=1S/C14H16N2OS/c1-3-15-13-8-10(2)4-5-12(13)14(17)16-11-6-7-18-9-11/h4-9,15H,3H2,1-2H3,(H,16,17). The predicted octanol–water partition coefficient (Wildman–Crippen LogP) is 3.74. The summed E-state index contributed by atoms with van der Waals surface area (Å²) >= 11 is 1.56. The second-order valence-electron chi connectivity index (χ2n) is 4.05. The second-order valence-corrected chi connectivity index (χ2v) is 4.83. The van der Waals surface area contributed by atoms with Gasteiger partial charge in [0.25, 0.3) is 5.91 Å². The van der Waals surface area contributed by atoms with E-state index in [0.29, 0.717) is 5.56 Å². The van der Waals surface area contributed by atoms with Gasteiger partial charge in [0.2, 0.25) is 0 Å². The quantitative estimate of drug-likeness (QED) is 0.879. The molecule has 18 heavy (non-hydrogen) atoms. The molecule has 0 saturated carbocycles. The van der Waals surface area contributed by atoms with E-state index in [4.69, 9.17) is 0 Å². The Morgan fingerprint density at radius 2 is 2.17 bits per heavy atom. The number of hydrogen-bond donors (Lipinski definition) is 2. The maximum Gasteiger partial charge on any atom is 0.257 e. The van der Waals surface area contributed by atoms with Crippen LogP contribution in [0.3, 0.4) is 0 Å². The Kier molecular flexibility index (Phi) is 3.99.